The van der Waals surface area contributed by atoms with Crippen molar-refractivity contribution in [2.75, 3.05) is 7.11 Å². The summed E-state index contributed by atoms with van der Waals surface area (Å²) < 4.78 is 6.87. The van der Waals surface area contributed by atoms with Gasteiger partial charge in [-0.2, -0.15) is 0 Å². The number of hydrogen-bond donors (Lipinski definition) is 2. The Kier molecular flexibility index (Phi) is 3.42. The molecule has 0 saturated heterocycles. The van der Waals surface area contributed by atoms with Crippen molar-refractivity contribution in [3.8, 4) is 5.75 Å². The van der Waals surface area contributed by atoms with Gasteiger partial charge in [-0.1, -0.05) is 12.1 Å². The molecule has 0 saturated carbocycles. The first kappa shape index (κ1) is 13.9. The molecule has 0 fully saturated rings. The third kappa shape index (κ3) is 2.35. The summed E-state index contributed by atoms with van der Waals surface area (Å²) in [4.78, 5) is 25.6. The molecule has 0 radical (unpaired) electrons. The summed E-state index contributed by atoms with van der Waals surface area (Å²) in [6.07, 6.45) is 2.95. The molecule has 6 heteroatoms. The molecule has 2 aromatic heterocycles. The van der Waals surface area contributed by atoms with Crippen LogP contribution in [0.15, 0.2) is 47.5 Å². The molecule has 0 aliphatic heterocycles. The zero-order valence-electron chi connectivity index (χ0n) is 11.9. The summed E-state index contributed by atoms with van der Waals surface area (Å²) >= 11 is 0. The Balaban J connectivity index is 2.08. The minimum atomic E-state index is -1.07. The predicted octanol–water partition coefficient (Wildman–Crippen LogP) is 2.08. The van der Waals surface area contributed by atoms with Gasteiger partial charge >= 0.3 is 5.97 Å². The van der Waals surface area contributed by atoms with Gasteiger partial charge in [-0.05, 0) is 23.8 Å². The van der Waals surface area contributed by atoms with E-state index < -0.39 is 5.97 Å². The molecule has 22 heavy (non-hydrogen) atoms. The van der Waals surface area contributed by atoms with Crippen LogP contribution >= 0.6 is 0 Å². The summed E-state index contributed by atoms with van der Waals surface area (Å²) in [6, 6.07) is 9.11. The highest BCUT2D eigenvalue weighted by Gasteiger charge is 2.15. The molecule has 0 spiro atoms. The van der Waals surface area contributed by atoms with Crippen LogP contribution in [0.25, 0.3) is 10.9 Å². The highest BCUT2D eigenvalue weighted by atomic mass is 16.5. The van der Waals surface area contributed by atoms with Crippen molar-refractivity contribution in [1.82, 2.24) is 9.55 Å². The lowest BCUT2D eigenvalue weighted by Gasteiger charge is -2.08. The number of rotatable bonds is 4. The van der Waals surface area contributed by atoms with Crippen LogP contribution in [0.3, 0.4) is 0 Å². The molecule has 2 N–H and O–H groups in total. The Labute approximate surface area is 125 Å². The minimum Gasteiger partial charge on any atom is -0.497 e. The van der Waals surface area contributed by atoms with Gasteiger partial charge in [-0.25, -0.2) is 4.79 Å². The second-order valence-electron chi connectivity index (χ2n) is 4.89. The number of benzene rings is 1. The number of aromatic carboxylic acids is 1. The maximum Gasteiger partial charge on any atom is 0.339 e. The van der Waals surface area contributed by atoms with E-state index in [0.717, 1.165) is 11.3 Å². The van der Waals surface area contributed by atoms with Crippen molar-refractivity contribution in [2.24, 2.45) is 0 Å². The average Bonchev–Trinajstić information content (AvgIpc) is 2.93. The van der Waals surface area contributed by atoms with Crippen LogP contribution in [0.5, 0.6) is 5.75 Å². The molecule has 0 bridgehead atoms. The van der Waals surface area contributed by atoms with Crippen molar-refractivity contribution in [3.05, 3.63) is 64.2 Å². The molecule has 0 amide bonds. The monoisotopic (exact) mass is 298 g/mol. The van der Waals surface area contributed by atoms with Gasteiger partial charge in [0.15, 0.2) is 0 Å². The van der Waals surface area contributed by atoms with E-state index in [1.54, 1.807) is 23.9 Å². The van der Waals surface area contributed by atoms with Gasteiger partial charge in [-0.15, -0.1) is 0 Å². The van der Waals surface area contributed by atoms with Gasteiger partial charge in [0.2, 0.25) is 0 Å². The van der Waals surface area contributed by atoms with Crippen molar-refractivity contribution in [3.63, 3.8) is 0 Å². The van der Waals surface area contributed by atoms with E-state index in [4.69, 9.17) is 4.74 Å². The molecule has 1 aromatic carbocycles. The third-order valence-electron chi connectivity index (χ3n) is 3.55. The molecular weight excluding hydrogens is 284 g/mol. The largest absolute Gasteiger partial charge is 0.497 e. The Morgan fingerprint density at radius 3 is 2.64 bits per heavy atom. The van der Waals surface area contributed by atoms with Crippen LogP contribution < -0.4 is 10.3 Å². The zero-order valence-corrected chi connectivity index (χ0v) is 11.9. The molecule has 112 valence electrons. The van der Waals surface area contributed by atoms with Crippen molar-refractivity contribution < 1.29 is 14.6 Å². The van der Waals surface area contributed by atoms with Gasteiger partial charge in [0.25, 0.3) is 5.56 Å². The molecule has 6 nitrogen and oxygen atoms in total. The van der Waals surface area contributed by atoms with Crippen LogP contribution in [0.2, 0.25) is 0 Å². The fourth-order valence-electron chi connectivity index (χ4n) is 2.46. The number of pyridine rings is 1. The lowest BCUT2D eigenvalue weighted by atomic mass is 10.2. The Morgan fingerprint density at radius 1 is 1.27 bits per heavy atom. The van der Waals surface area contributed by atoms with E-state index in [1.807, 2.05) is 24.3 Å². The summed E-state index contributed by atoms with van der Waals surface area (Å²) in [5.41, 5.74) is 1.18. The number of carbonyl (C=O) groups is 1. The maximum absolute atomic E-state index is 11.8. The van der Waals surface area contributed by atoms with E-state index in [2.05, 4.69) is 4.98 Å². The van der Waals surface area contributed by atoms with Crippen LogP contribution in [-0.2, 0) is 6.54 Å². The topological polar surface area (TPSA) is 84.3 Å². The van der Waals surface area contributed by atoms with E-state index in [-0.39, 0.29) is 11.1 Å². The van der Waals surface area contributed by atoms with Gasteiger partial charge in [-0.3, -0.25) is 4.79 Å². The lowest BCUT2D eigenvalue weighted by Crippen LogP contribution is -2.11. The van der Waals surface area contributed by atoms with E-state index in [9.17, 15) is 14.7 Å². The Morgan fingerprint density at radius 2 is 2.00 bits per heavy atom. The maximum atomic E-state index is 11.8. The number of carboxylic acid groups (broad SMARTS) is 1. The number of aromatic nitrogens is 2. The second kappa shape index (κ2) is 5.40. The fourth-order valence-corrected chi connectivity index (χ4v) is 2.46. The number of H-pyrrole nitrogens is 1. The highest BCUT2D eigenvalue weighted by Crippen LogP contribution is 2.19. The minimum absolute atomic E-state index is 0.0770. The third-order valence-corrected chi connectivity index (χ3v) is 3.55. The number of aromatic amines is 1. The zero-order chi connectivity index (χ0) is 15.7. The lowest BCUT2D eigenvalue weighted by molar-refractivity contribution is 0.0698. The molecule has 0 aliphatic rings. The van der Waals surface area contributed by atoms with Gasteiger partial charge in [0.1, 0.15) is 5.75 Å². The first-order valence-electron chi connectivity index (χ1n) is 6.67. The first-order chi connectivity index (χ1) is 10.6. The number of nitrogens with one attached hydrogen (secondary N) is 1. The first-order valence-corrected chi connectivity index (χ1v) is 6.67. The molecule has 2 heterocycles. The van der Waals surface area contributed by atoms with E-state index in [0.29, 0.717) is 17.4 Å². The van der Waals surface area contributed by atoms with E-state index >= 15 is 0 Å². The van der Waals surface area contributed by atoms with E-state index in [1.165, 1.54) is 6.20 Å². The van der Waals surface area contributed by atoms with Crippen LogP contribution in [-0.4, -0.2) is 27.7 Å². The molecule has 0 aliphatic carbocycles. The molecule has 3 rings (SSSR count). The Hall–Kier alpha value is -3.02. The number of nitrogens with zero attached hydrogens (tertiary/aromatic N) is 1. The Bertz CT molecular complexity index is 891. The number of carboxylic acids is 1. The van der Waals surface area contributed by atoms with Gasteiger partial charge in [0.05, 0.1) is 23.6 Å². The van der Waals surface area contributed by atoms with Crippen molar-refractivity contribution in [2.45, 2.75) is 6.54 Å². The number of ether oxygens (including phenoxy) is 1. The molecule has 0 atom stereocenters. The van der Waals surface area contributed by atoms with Crippen LogP contribution in [0.1, 0.15) is 15.9 Å². The molecular formula is C16H14N2O4. The summed E-state index contributed by atoms with van der Waals surface area (Å²) in [5.74, 6) is -0.320. The van der Waals surface area contributed by atoms with Crippen LogP contribution in [0.4, 0.5) is 0 Å². The number of methoxy groups -OCH3 is 1. The summed E-state index contributed by atoms with van der Waals surface area (Å²) in [5, 5.41) is 9.67. The molecule has 3 aromatic rings. The van der Waals surface area contributed by atoms with Gasteiger partial charge in [0, 0.05) is 18.9 Å². The predicted molar refractivity (Wildman–Crippen MR) is 81.6 cm³/mol. The standard InChI is InChI=1S/C16H14N2O4/c1-22-11-4-2-10(3-5-11)9-18-7-6-12-14(18)13(16(20)21)8-17-15(12)19/h2-8H,9H2,1H3,(H,17,19)(H,20,21). The highest BCUT2D eigenvalue weighted by molar-refractivity contribution is 6.01. The number of hydrogen-bond acceptors (Lipinski definition) is 3. The smallest absolute Gasteiger partial charge is 0.339 e. The molecule has 0 unspecified atom stereocenters. The number of fused-ring (bicyclic) bond motifs is 1. The van der Waals surface area contributed by atoms with Crippen molar-refractivity contribution >= 4 is 16.9 Å². The summed E-state index contributed by atoms with van der Waals surface area (Å²) in [7, 11) is 1.60. The second-order valence-corrected chi connectivity index (χ2v) is 4.89. The average molecular weight is 298 g/mol. The van der Waals surface area contributed by atoms with Crippen molar-refractivity contribution in [1.29, 1.82) is 0 Å². The fraction of sp³-hybridized carbons (Fsp3) is 0.125. The SMILES string of the molecule is COc1ccc(Cn2ccc3c(=O)[nH]cc(C(=O)O)c32)cc1. The van der Waals surface area contributed by atoms with Crippen LogP contribution in [0, 0.1) is 0 Å². The normalized spacial score (nSPS) is 10.8. The van der Waals surface area contributed by atoms with Gasteiger partial charge < -0.3 is 19.4 Å². The quantitative estimate of drug-likeness (QED) is 0.772. The summed E-state index contributed by atoms with van der Waals surface area (Å²) in [6.45, 7) is 0.469.